The molecular weight excluding hydrogens is 497 g/mol. The molecule has 2 aromatic heterocycles. The molecule has 0 aliphatic carbocycles. The van der Waals surface area contributed by atoms with Gasteiger partial charge in [0.1, 0.15) is 11.7 Å². The van der Waals surface area contributed by atoms with Gasteiger partial charge in [-0.05, 0) is 54.5 Å². The van der Waals surface area contributed by atoms with Crippen LogP contribution < -0.4 is 16.6 Å². The minimum absolute atomic E-state index is 0.00833. The van der Waals surface area contributed by atoms with E-state index in [-0.39, 0.29) is 11.4 Å². The quantitative estimate of drug-likeness (QED) is 0.175. The normalized spacial score (nSPS) is 11.8. The van der Waals surface area contributed by atoms with Crippen molar-refractivity contribution >= 4 is 74.3 Å². The summed E-state index contributed by atoms with van der Waals surface area (Å²) in [5.74, 6) is 0.923. The molecule has 0 atom stereocenters. The molecule has 0 radical (unpaired) electrons. The number of anilines is 2. The Bertz CT molecular complexity index is 1750. The Labute approximate surface area is 215 Å². The lowest BCUT2D eigenvalue weighted by molar-refractivity contribution is 0.960. The van der Waals surface area contributed by atoms with Gasteiger partial charge >= 0.3 is 0 Å². The lowest BCUT2D eigenvalue weighted by atomic mass is 10.1. The molecule has 10 heteroatoms. The van der Waals surface area contributed by atoms with Gasteiger partial charge in [-0.1, -0.05) is 47.5 Å². The van der Waals surface area contributed by atoms with E-state index in [0.717, 1.165) is 11.1 Å². The first kappa shape index (κ1) is 23.6. The van der Waals surface area contributed by atoms with Gasteiger partial charge < -0.3 is 20.6 Å². The number of amidine groups is 1. The Balaban J connectivity index is 1.59. The average Bonchev–Trinajstić information content (AvgIpc) is 3.16. The molecular formula is C26H21Cl2N7O. The maximum Gasteiger partial charge on any atom is 0.261 e. The number of nitrogens with two attached hydrogens (primary N) is 1. The highest BCUT2D eigenvalue weighted by atomic mass is 35.5. The lowest BCUT2D eigenvalue weighted by Crippen LogP contribution is -2.12. The number of benzene rings is 3. The summed E-state index contributed by atoms with van der Waals surface area (Å²) in [7, 11) is 1.81. The highest BCUT2D eigenvalue weighted by Gasteiger charge is 2.17. The number of aromatic nitrogens is 4. The number of nitrogens with one attached hydrogen (secondary N) is 3. The van der Waals surface area contributed by atoms with Crippen molar-refractivity contribution in [2.75, 3.05) is 5.32 Å². The molecule has 0 aliphatic heterocycles. The van der Waals surface area contributed by atoms with E-state index >= 15 is 0 Å². The van der Waals surface area contributed by atoms with Gasteiger partial charge in [0.25, 0.3) is 5.56 Å². The summed E-state index contributed by atoms with van der Waals surface area (Å²) in [6.07, 6.45) is 1.88. The van der Waals surface area contributed by atoms with Crippen LogP contribution in [0.1, 0.15) is 23.9 Å². The Morgan fingerprint density at radius 1 is 1.08 bits per heavy atom. The maximum atomic E-state index is 13.3. The molecule has 0 amide bonds. The number of para-hydroxylation sites is 1. The fourth-order valence-electron chi connectivity index (χ4n) is 4.07. The van der Waals surface area contributed by atoms with E-state index in [9.17, 15) is 4.79 Å². The Hall–Kier alpha value is -4.14. The zero-order chi connectivity index (χ0) is 25.6. The molecule has 2 heterocycles. The van der Waals surface area contributed by atoms with E-state index in [0.29, 0.717) is 55.0 Å². The smallest absolute Gasteiger partial charge is 0.261 e. The van der Waals surface area contributed by atoms with Crippen LogP contribution in [0.4, 0.5) is 11.6 Å². The van der Waals surface area contributed by atoms with Crippen LogP contribution in [0.3, 0.4) is 0 Å². The van der Waals surface area contributed by atoms with Crippen LogP contribution in [0.2, 0.25) is 10.0 Å². The maximum absolute atomic E-state index is 13.3. The van der Waals surface area contributed by atoms with Crippen molar-refractivity contribution in [3.05, 3.63) is 91.9 Å². The first-order valence-electron chi connectivity index (χ1n) is 11.0. The van der Waals surface area contributed by atoms with E-state index in [1.54, 1.807) is 34.9 Å². The second-order valence-corrected chi connectivity index (χ2v) is 9.14. The van der Waals surface area contributed by atoms with Crippen LogP contribution in [-0.2, 0) is 7.05 Å². The third kappa shape index (κ3) is 4.21. The van der Waals surface area contributed by atoms with E-state index < -0.39 is 0 Å². The number of halogens is 2. The summed E-state index contributed by atoms with van der Waals surface area (Å²) in [5, 5.41) is 12.2. The molecule has 0 aliphatic rings. The summed E-state index contributed by atoms with van der Waals surface area (Å²) in [4.78, 5) is 25.5. The van der Waals surface area contributed by atoms with Crippen LogP contribution in [0.5, 0.6) is 0 Å². The number of imidazole rings is 1. The number of hydrogen-bond acceptors (Lipinski definition) is 5. The number of nitrogen functional groups attached to an aromatic ring is 1. The number of rotatable bonds is 5. The van der Waals surface area contributed by atoms with E-state index in [4.69, 9.17) is 39.3 Å². The molecule has 5 N–H and O–H groups in total. The summed E-state index contributed by atoms with van der Waals surface area (Å²) in [5.41, 5.74) is 9.89. The van der Waals surface area contributed by atoms with Gasteiger partial charge in [-0.2, -0.15) is 0 Å². The molecule has 8 nitrogen and oxygen atoms in total. The number of allylic oxidation sites excluding steroid dienone is 1. The second-order valence-electron chi connectivity index (χ2n) is 8.32. The first-order chi connectivity index (χ1) is 17.2. The zero-order valence-corrected chi connectivity index (χ0v) is 20.9. The van der Waals surface area contributed by atoms with Crippen molar-refractivity contribution in [1.29, 1.82) is 5.41 Å². The first-order valence-corrected chi connectivity index (χ1v) is 11.7. The molecule has 5 rings (SSSR count). The monoisotopic (exact) mass is 517 g/mol. The van der Waals surface area contributed by atoms with Gasteiger partial charge in [0.2, 0.25) is 5.95 Å². The molecule has 5 aromatic rings. The molecule has 180 valence electrons. The van der Waals surface area contributed by atoms with Crippen LogP contribution in [0.15, 0.2) is 59.4 Å². The molecule has 0 bridgehead atoms. The Morgan fingerprint density at radius 2 is 1.78 bits per heavy atom. The second kappa shape index (κ2) is 9.14. The SMILES string of the molecule is CC(=Cc1cccc(C(=N)N)c1)c1nc2ccc3nc(Nc4c(Cl)cccc4Cl)n(C)c3c2c(=O)[nH]1. The lowest BCUT2D eigenvalue weighted by Gasteiger charge is -2.10. The van der Waals surface area contributed by atoms with Crippen molar-refractivity contribution in [3.63, 3.8) is 0 Å². The summed E-state index contributed by atoms with van der Waals surface area (Å²) < 4.78 is 1.78. The molecule has 0 saturated heterocycles. The molecule has 0 spiro atoms. The van der Waals surface area contributed by atoms with Crippen molar-refractivity contribution in [3.8, 4) is 0 Å². The number of fused-ring (bicyclic) bond motifs is 3. The van der Waals surface area contributed by atoms with Gasteiger partial charge in [-0.25, -0.2) is 9.97 Å². The molecule has 3 aromatic carbocycles. The minimum Gasteiger partial charge on any atom is -0.384 e. The largest absolute Gasteiger partial charge is 0.384 e. The fourth-order valence-corrected chi connectivity index (χ4v) is 4.56. The van der Waals surface area contributed by atoms with Crippen molar-refractivity contribution in [2.24, 2.45) is 12.8 Å². The van der Waals surface area contributed by atoms with Crippen molar-refractivity contribution in [2.45, 2.75) is 6.92 Å². The summed E-state index contributed by atoms with van der Waals surface area (Å²) >= 11 is 12.6. The predicted molar refractivity (Wildman–Crippen MR) is 147 cm³/mol. The van der Waals surface area contributed by atoms with Gasteiger partial charge in [0.15, 0.2) is 0 Å². The molecule has 0 saturated carbocycles. The Morgan fingerprint density at radius 3 is 2.50 bits per heavy atom. The molecule has 36 heavy (non-hydrogen) atoms. The van der Waals surface area contributed by atoms with Crippen molar-refractivity contribution in [1.82, 2.24) is 19.5 Å². The highest BCUT2D eigenvalue weighted by Crippen LogP contribution is 2.34. The predicted octanol–water partition coefficient (Wildman–Crippen LogP) is 5.70. The van der Waals surface area contributed by atoms with E-state index in [1.165, 1.54) is 0 Å². The number of aryl methyl sites for hydroxylation is 1. The number of aromatic amines is 1. The average molecular weight is 518 g/mol. The van der Waals surface area contributed by atoms with Gasteiger partial charge in [-0.15, -0.1) is 0 Å². The number of H-pyrrole nitrogens is 1. The third-order valence-corrected chi connectivity index (χ3v) is 6.49. The van der Waals surface area contributed by atoms with Gasteiger partial charge in [0.05, 0.1) is 37.7 Å². The van der Waals surface area contributed by atoms with Crippen molar-refractivity contribution < 1.29 is 0 Å². The van der Waals surface area contributed by atoms with Crippen LogP contribution in [0, 0.1) is 5.41 Å². The molecule has 0 unspecified atom stereocenters. The van der Waals surface area contributed by atoms with Crippen LogP contribution in [0.25, 0.3) is 33.6 Å². The number of nitrogens with zero attached hydrogens (tertiary/aromatic N) is 3. The minimum atomic E-state index is -0.281. The van der Waals surface area contributed by atoms with E-state index in [2.05, 4.69) is 15.3 Å². The fraction of sp³-hybridized carbons (Fsp3) is 0.0769. The van der Waals surface area contributed by atoms with Crippen LogP contribution >= 0.6 is 23.2 Å². The van der Waals surface area contributed by atoms with Gasteiger partial charge in [-0.3, -0.25) is 10.2 Å². The summed E-state index contributed by atoms with van der Waals surface area (Å²) in [6, 6.07) is 16.1. The highest BCUT2D eigenvalue weighted by molar-refractivity contribution is 6.39. The number of hydrogen-bond donors (Lipinski definition) is 4. The van der Waals surface area contributed by atoms with Gasteiger partial charge in [0, 0.05) is 12.6 Å². The zero-order valence-electron chi connectivity index (χ0n) is 19.4. The third-order valence-electron chi connectivity index (χ3n) is 5.86. The van der Waals surface area contributed by atoms with E-state index in [1.807, 2.05) is 44.3 Å². The van der Waals surface area contributed by atoms with Crippen LogP contribution in [-0.4, -0.2) is 25.4 Å². The molecule has 0 fully saturated rings. The summed E-state index contributed by atoms with van der Waals surface area (Å²) in [6.45, 7) is 1.86. The Kier molecular flexibility index (Phi) is 5.99. The standard InChI is InChI=1S/C26H21Cl2N7O/c1-13(11-14-5-3-6-15(12-14)23(29)30)24-31-18-9-10-19-22(20(18)25(36)34-24)35(2)26(32-19)33-21-16(27)7-4-8-17(21)28/h3-12H,1-2H3,(H3,29,30)(H,32,33)(H,31,34,36). The topological polar surface area (TPSA) is 125 Å².